The molecule has 0 bridgehead atoms. The van der Waals surface area contributed by atoms with Crippen LogP contribution in [0, 0.1) is 6.92 Å². The van der Waals surface area contributed by atoms with Crippen LogP contribution in [0.5, 0.6) is 0 Å². The largest absolute Gasteiger partial charge is 0.367 e. The molecule has 192 valence electrons. The lowest BCUT2D eigenvalue weighted by molar-refractivity contribution is -0.140. The van der Waals surface area contributed by atoms with Gasteiger partial charge >= 0.3 is 0 Å². The number of anilines is 1. The van der Waals surface area contributed by atoms with Gasteiger partial charge in [0, 0.05) is 12.2 Å². The van der Waals surface area contributed by atoms with Crippen LogP contribution in [-0.2, 0) is 20.9 Å². The van der Waals surface area contributed by atoms with Crippen LogP contribution >= 0.6 is 0 Å². The smallest absolute Gasteiger partial charge is 0.249 e. The van der Waals surface area contributed by atoms with Gasteiger partial charge in [0.25, 0.3) is 0 Å². The van der Waals surface area contributed by atoms with E-state index in [1.165, 1.54) is 5.56 Å². The number of para-hydroxylation sites is 2. The van der Waals surface area contributed by atoms with Crippen LogP contribution < -0.4 is 4.90 Å². The monoisotopic (exact) mass is 505 g/mol. The normalized spacial score (nSPS) is 16.0. The van der Waals surface area contributed by atoms with Crippen LogP contribution in [0.3, 0.4) is 0 Å². The van der Waals surface area contributed by atoms with Crippen LogP contribution in [0.25, 0.3) is 5.69 Å². The Balaban J connectivity index is 1.28. The summed E-state index contributed by atoms with van der Waals surface area (Å²) in [7, 11) is 0. The molecule has 2 heterocycles. The summed E-state index contributed by atoms with van der Waals surface area (Å²) in [6.07, 6.45) is 3.87. The van der Waals surface area contributed by atoms with Crippen molar-refractivity contribution in [2.24, 2.45) is 0 Å². The maximum Gasteiger partial charge on any atom is 0.249 e. The van der Waals surface area contributed by atoms with Crippen LogP contribution in [-0.4, -0.2) is 40.5 Å². The fourth-order valence-electron chi connectivity index (χ4n) is 5.27. The number of carbonyl (C=O) groups is 2. The molecule has 6 heteroatoms. The second kappa shape index (κ2) is 10.3. The summed E-state index contributed by atoms with van der Waals surface area (Å²) in [5.74, 6) is -0.240. The van der Waals surface area contributed by atoms with Gasteiger partial charge in [0.15, 0.2) is 0 Å². The Morgan fingerprint density at radius 1 is 0.868 bits per heavy atom. The Bertz CT molecular complexity index is 1440. The molecule has 1 atom stereocenters. The zero-order valence-electron chi connectivity index (χ0n) is 21.5. The van der Waals surface area contributed by atoms with Crippen molar-refractivity contribution in [3.05, 3.63) is 120 Å². The van der Waals surface area contributed by atoms with E-state index in [1.54, 1.807) is 4.90 Å². The van der Waals surface area contributed by atoms with Crippen LogP contribution in [0.15, 0.2) is 97.2 Å². The van der Waals surface area contributed by atoms with Crippen molar-refractivity contribution in [1.29, 1.82) is 0 Å². The van der Waals surface area contributed by atoms with Gasteiger partial charge in [-0.15, -0.1) is 0 Å². The Kier molecular flexibility index (Phi) is 6.56. The van der Waals surface area contributed by atoms with Crippen LogP contribution in [0.1, 0.15) is 41.3 Å². The number of ether oxygens (including phenoxy) is 1. The van der Waals surface area contributed by atoms with Gasteiger partial charge < -0.3 is 14.2 Å². The minimum absolute atomic E-state index is 0.0234. The first-order chi connectivity index (χ1) is 18.6. The van der Waals surface area contributed by atoms with Gasteiger partial charge in [-0.25, -0.2) is 0 Å². The molecule has 1 fully saturated rings. The van der Waals surface area contributed by atoms with Gasteiger partial charge in [0.1, 0.15) is 19.2 Å². The number of benzene rings is 3. The molecule has 3 aromatic carbocycles. The fraction of sp³-hybridized carbons (Fsp3) is 0.250. The maximum absolute atomic E-state index is 14.2. The Morgan fingerprint density at radius 2 is 1.58 bits per heavy atom. The number of nitrogens with zero attached hydrogens (tertiary/aromatic N) is 3. The van der Waals surface area contributed by atoms with Crippen LogP contribution in [0.2, 0.25) is 0 Å². The van der Waals surface area contributed by atoms with Crippen molar-refractivity contribution < 1.29 is 14.3 Å². The molecule has 1 saturated carbocycles. The van der Waals surface area contributed by atoms with E-state index in [9.17, 15) is 9.59 Å². The molecular formula is C32H31N3O3. The molecule has 0 N–H and O–H groups in total. The van der Waals surface area contributed by atoms with Crippen molar-refractivity contribution in [2.45, 2.75) is 38.5 Å². The van der Waals surface area contributed by atoms with Crippen molar-refractivity contribution >= 4 is 17.5 Å². The molecule has 1 unspecified atom stereocenters. The molecule has 0 radical (unpaired) electrons. The summed E-state index contributed by atoms with van der Waals surface area (Å²) >= 11 is 0. The summed E-state index contributed by atoms with van der Waals surface area (Å²) in [5.41, 5.74) is 6.04. The van der Waals surface area contributed by atoms with Gasteiger partial charge in [-0.2, -0.15) is 0 Å². The van der Waals surface area contributed by atoms with E-state index in [4.69, 9.17) is 4.74 Å². The number of hydrogen-bond donors (Lipinski definition) is 0. The number of fused-ring (bicyclic) bond motifs is 3. The molecule has 2 aliphatic rings. The molecule has 0 spiro atoms. The molecule has 6 rings (SSSR count). The Labute approximate surface area is 223 Å². The number of hydrogen-bond acceptors (Lipinski definition) is 3. The molecular weight excluding hydrogens is 474 g/mol. The molecule has 1 aliphatic heterocycles. The molecule has 4 aromatic rings. The predicted octanol–water partition coefficient (Wildman–Crippen LogP) is 5.43. The van der Waals surface area contributed by atoms with E-state index < -0.39 is 0 Å². The SMILES string of the molecule is Cc1ccc(C2c3cccn3-c3ccccc3N2C(=O)CN(C(=O)COCc2ccccc2)C2CC2)cc1. The average molecular weight is 506 g/mol. The number of aryl methyl sites for hydroxylation is 1. The predicted molar refractivity (Wildman–Crippen MR) is 147 cm³/mol. The summed E-state index contributed by atoms with van der Waals surface area (Å²) in [6.45, 7) is 2.41. The third-order valence-corrected chi connectivity index (χ3v) is 7.33. The Hall–Kier alpha value is -4.16. The third-order valence-electron chi connectivity index (χ3n) is 7.33. The maximum atomic E-state index is 14.2. The summed E-state index contributed by atoms with van der Waals surface area (Å²) < 4.78 is 7.90. The minimum atomic E-state index is -0.293. The van der Waals surface area contributed by atoms with Crippen molar-refractivity contribution in [2.75, 3.05) is 18.1 Å². The molecule has 6 nitrogen and oxygen atoms in total. The van der Waals surface area contributed by atoms with E-state index in [0.29, 0.717) is 6.61 Å². The number of carbonyl (C=O) groups excluding carboxylic acids is 2. The lowest BCUT2D eigenvalue weighted by Gasteiger charge is -2.39. The highest BCUT2D eigenvalue weighted by Gasteiger charge is 2.39. The van der Waals surface area contributed by atoms with Gasteiger partial charge in [-0.3, -0.25) is 14.5 Å². The average Bonchev–Trinajstić information content (AvgIpc) is 3.67. The van der Waals surface area contributed by atoms with E-state index in [2.05, 4.69) is 41.8 Å². The van der Waals surface area contributed by atoms with E-state index in [0.717, 1.165) is 41.0 Å². The second-order valence-electron chi connectivity index (χ2n) is 10.1. The number of rotatable bonds is 8. The summed E-state index contributed by atoms with van der Waals surface area (Å²) in [5, 5.41) is 0. The van der Waals surface area contributed by atoms with Crippen LogP contribution in [0.4, 0.5) is 5.69 Å². The third kappa shape index (κ3) is 4.75. The van der Waals surface area contributed by atoms with Gasteiger partial charge in [0.05, 0.1) is 23.7 Å². The van der Waals surface area contributed by atoms with Gasteiger partial charge in [-0.1, -0.05) is 72.3 Å². The molecule has 1 aliphatic carbocycles. The summed E-state index contributed by atoms with van der Waals surface area (Å²) in [6, 6.07) is 30.0. The molecule has 0 saturated heterocycles. The lowest BCUT2D eigenvalue weighted by Crippen LogP contribution is -2.48. The lowest BCUT2D eigenvalue weighted by atomic mass is 9.97. The van der Waals surface area contributed by atoms with Crippen molar-refractivity contribution in [3.63, 3.8) is 0 Å². The van der Waals surface area contributed by atoms with E-state index >= 15 is 0 Å². The number of amides is 2. The first kappa shape index (κ1) is 24.2. The quantitative estimate of drug-likeness (QED) is 0.321. The Morgan fingerprint density at radius 3 is 2.32 bits per heavy atom. The highest BCUT2D eigenvalue weighted by Crippen LogP contribution is 2.42. The summed E-state index contributed by atoms with van der Waals surface area (Å²) in [4.78, 5) is 31.0. The fourth-order valence-corrected chi connectivity index (χ4v) is 5.27. The first-order valence-electron chi connectivity index (χ1n) is 13.2. The van der Waals surface area contributed by atoms with E-state index in [-0.39, 0.29) is 37.0 Å². The minimum Gasteiger partial charge on any atom is -0.367 e. The van der Waals surface area contributed by atoms with Gasteiger partial charge in [0.2, 0.25) is 11.8 Å². The standard InChI is InChI=1S/C32H31N3O3/c1-23-13-15-25(16-14-23)32-29-12-7-19-33(29)27-10-5-6-11-28(27)35(32)30(36)20-34(26-17-18-26)31(37)22-38-21-24-8-3-2-4-9-24/h2-16,19,26,32H,17-18,20-22H2,1H3. The highest BCUT2D eigenvalue weighted by molar-refractivity contribution is 6.00. The zero-order valence-corrected chi connectivity index (χ0v) is 21.5. The molecule has 2 amide bonds. The second-order valence-corrected chi connectivity index (χ2v) is 10.1. The van der Waals surface area contributed by atoms with Crippen molar-refractivity contribution in [1.82, 2.24) is 9.47 Å². The van der Waals surface area contributed by atoms with Crippen molar-refractivity contribution in [3.8, 4) is 5.69 Å². The molecule has 38 heavy (non-hydrogen) atoms. The topological polar surface area (TPSA) is 54.8 Å². The first-order valence-corrected chi connectivity index (χ1v) is 13.2. The zero-order chi connectivity index (χ0) is 26.1. The van der Waals surface area contributed by atoms with Gasteiger partial charge in [-0.05, 0) is 55.2 Å². The molecule has 1 aromatic heterocycles. The number of aromatic nitrogens is 1. The van der Waals surface area contributed by atoms with E-state index in [1.807, 2.05) is 71.8 Å². The highest BCUT2D eigenvalue weighted by atomic mass is 16.5.